The minimum atomic E-state index is -4.45. The number of hydrogen-bond acceptors (Lipinski definition) is 3. The van der Waals surface area contributed by atoms with Crippen molar-refractivity contribution in [2.75, 3.05) is 6.54 Å². The molecule has 1 aliphatic rings. The first-order valence-corrected chi connectivity index (χ1v) is 6.78. The fourth-order valence-corrected chi connectivity index (χ4v) is 2.17. The summed E-state index contributed by atoms with van der Waals surface area (Å²) in [4.78, 5) is 24.4. The summed E-state index contributed by atoms with van der Waals surface area (Å²) in [5.41, 5.74) is -0.741. The molecule has 21 heavy (non-hydrogen) atoms. The minimum absolute atomic E-state index is 0.0450. The fraction of sp³-hybridized carbons (Fsp3) is 0.846. The normalized spacial score (nSPS) is 21.1. The molecule has 1 rings (SSSR count). The van der Waals surface area contributed by atoms with Gasteiger partial charge in [0.05, 0.1) is 0 Å². The number of rotatable bonds is 2. The Balaban J connectivity index is 2.64. The molecule has 0 aromatic heterocycles. The molecular formula is C13H21F3N2O3. The van der Waals surface area contributed by atoms with E-state index >= 15 is 0 Å². The molecule has 0 radical (unpaired) electrons. The van der Waals surface area contributed by atoms with Gasteiger partial charge in [0.1, 0.15) is 17.7 Å². The maximum Gasteiger partial charge on any atom is 0.408 e. The van der Waals surface area contributed by atoms with Gasteiger partial charge in [-0.3, -0.25) is 4.79 Å². The second-order valence-corrected chi connectivity index (χ2v) is 6.10. The van der Waals surface area contributed by atoms with Crippen molar-refractivity contribution in [2.45, 2.75) is 64.4 Å². The largest absolute Gasteiger partial charge is 0.444 e. The number of halogens is 3. The average molecular weight is 310 g/mol. The first kappa shape index (κ1) is 17.6. The Hall–Kier alpha value is -1.47. The van der Waals surface area contributed by atoms with Crippen LogP contribution in [0.5, 0.6) is 0 Å². The van der Waals surface area contributed by atoms with E-state index in [-0.39, 0.29) is 13.0 Å². The summed E-state index contributed by atoms with van der Waals surface area (Å²) in [6.07, 6.45) is -5.08. The topological polar surface area (TPSA) is 58.6 Å². The van der Waals surface area contributed by atoms with E-state index in [0.29, 0.717) is 6.42 Å². The van der Waals surface area contributed by atoms with Crippen LogP contribution in [0.4, 0.5) is 18.0 Å². The van der Waals surface area contributed by atoms with Crippen LogP contribution in [0.1, 0.15) is 40.5 Å². The molecule has 1 fully saturated rings. The van der Waals surface area contributed by atoms with E-state index < -0.39 is 35.9 Å². The summed E-state index contributed by atoms with van der Waals surface area (Å²) in [5.74, 6) is -0.749. The number of amides is 2. The molecule has 1 N–H and O–H groups in total. The van der Waals surface area contributed by atoms with Gasteiger partial charge in [-0.1, -0.05) is 0 Å². The lowest BCUT2D eigenvalue weighted by molar-refractivity contribution is -0.183. The van der Waals surface area contributed by atoms with E-state index in [1.54, 1.807) is 20.8 Å². The van der Waals surface area contributed by atoms with Crippen LogP contribution in [0.3, 0.4) is 0 Å². The van der Waals surface area contributed by atoms with E-state index in [9.17, 15) is 22.8 Å². The lowest BCUT2D eigenvalue weighted by atomic mass is 10.2. The fourth-order valence-electron chi connectivity index (χ4n) is 2.17. The number of alkyl carbamates (subject to hydrolysis) is 1. The van der Waals surface area contributed by atoms with E-state index in [2.05, 4.69) is 5.32 Å². The van der Waals surface area contributed by atoms with Gasteiger partial charge in [0.2, 0.25) is 5.91 Å². The van der Waals surface area contributed by atoms with E-state index in [0.717, 1.165) is 4.90 Å². The molecule has 0 aromatic carbocycles. The van der Waals surface area contributed by atoms with Crippen molar-refractivity contribution < 1.29 is 27.5 Å². The van der Waals surface area contributed by atoms with Gasteiger partial charge in [-0.25, -0.2) is 4.79 Å². The molecule has 8 heteroatoms. The Kier molecular flexibility index (Phi) is 5.11. The quantitative estimate of drug-likeness (QED) is 0.852. The second-order valence-electron chi connectivity index (χ2n) is 6.10. The van der Waals surface area contributed by atoms with Crippen molar-refractivity contribution in [1.82, 2.24) is 10.2 Å². The molecule has 0 unspecified atom stereocenters. The zero-order valence-corrected chi connectivity index (χ0v) is 12.6. The molecule has 2 amide bonds. The van der Waals surface area contributed by atoms with Crippen LogP contribution < -0.4 is 5.32 Å². The van der Waals surface area contributed by atoms with Gasteiger partial charge in [0.15, 0.2) is 0 Å². The lowest BCUT2D eigenvalue weighted by Crippen LogP contribution is -2.52. The zero-order valence-electron chi connectivity index (χ0n) is 12.6. The lowest BCUT2D eigenvalue weighted by Gasteiger charge is -2.29. The van der Waals surface area contributed by atoms with Crippen LogP contribution >= 0.6 is 0 Å². The van der Waals surface area contributed by atoms with E-state index in [4.69, 9.17) is 4.74 Å². The highest BCUT2D eigenvalue weighted by atomic mass is 19.4. The highest BCUT2D eigenvalue weighted by Crippen LogP contribution is 2.32. The van der Waals surface area contributed by atoms with Crippen LogP contribution in [0.15, 0.2) is 0 Å². The number of carbonyl (C=O) groups is 2. The monoisotopic (exact) mass is 310 g/mol. The van der Waals surface area contributed by atoms with Crippen LogP contribution in [-0.4, -0.2) is 47.3 Å². The van der Waals surface area contributed by atoms with Gasteiger partial charge in [0.25, 0.3) is 0 Å². The first-order valence-electron chi connectivity index (χ1n) is 6.78. The predicted molar refractivity (Wildman–Crippen MR) is 69.6 cm³/mol. The smallest absolute Gasteiger partial charge is 0.408 e. The van der Waals surface area contributed by atoms with Crippen molar-refractivity contribution in [3.05, 3.63) is 0 Å². The molecular weight excluding hydrogens is 289 g/mol. The van der Waals surface area contributed by atoms with Crippen molar-refractivity contribution in [3.8, 4) is 0 Å². The summed E-state index contributed by atoms with van der Waals surface area (Å²) in [6.45, 7) is 6.35. The number of nitrogens with zero attached hydrogens (tertiary/aromatic N) is 1. The van der Waals surface area contributed by atoms with Gasteiger partial charge >= 0.3 is 12.3 Å². The SMILES string of the molecule is C[C@@H](NC(=O)OC(C)(C)C)C(=O)N1CCC[C@@H]1C(F)(F)F. The molecule has 1 aliphatic heterocycles. The maximum atomic E-state index is 12.8. The van der Waals surface area contributed by atoms with Crippen molar-refractivity contribution in [1.29, 1.82) is 0 Å². The number of likely N-dealkylation sites (tertiary alicyclic amines) is 1. The zero-order chi connectivity index (χ0) is 16.4. The van der Waals surface area contributed by atoms with Gasteiger partial charge in [0, 0.05) is 6.54 Å². The van der Waals surface area contributed by atoms with E-state index in [1.807, 2.05) is 0 Å². The summed E-state index contributed by atoms with van der Waals surface area (Å²) in [6, 6.07) is -2.84. The molecule has 0 aliphatic carbocycles. The number of nitrogens with one attached hydrogen (secondary N) is 1. The number of carbonyl (C=O) groups excluding carboxylic acids is 2. The summed E-state index contributed by atoms with van der Waals surface area (Å²) in [5, 5.41) is 2.27. The van der Waals surface area contributed by atoms with Crippen molar-refractivity contribution in [3.63, 3.8) is 0 Å². The Labute approximate surface area is 121 Å². The molecule has 0 saturated carbocycles. The Morgan fingerprint density at radius 2 is 1.86 bits per heavy atom. The van der Waals surface area contributed by atoms with Gasteiger partial charge in [-0.05, 0) is 40.5 Å². The third-order valence-corrected chi connectivity index (χ3v) is 3.02. The molecule has 0 aromatic rings. The van der Waals surface area contributed by atoms with Gasteiger partial charge in [-0.2, -0.15) is 13.2 Å². The molecule has 0 spiro atoms. The van der Waals surface area contributed by atoms with E-state index in [1.165, 1.54) is 6.92 Å². The standard InChI is InChI=1S/C13H21F3N2O3/c1-8(17-11(20)21-12(2,3)4)10(19)18-7-5-6-9(18)13(14,15)16/h8-9H,5-7H2,1-4H3,(H,17,20)/t8-,9-/m1/s1. The Morgan fingerprint density at radius 3 is 2.33 bits per heavy atom. The first-order chi connectivity index (χ1) is 9.42. The van der Waals surface area contributed by atoms with Crippen LogP contribution in [0.25, 0.3) is 0 Å². The second kappa shape index (κ2) is 6.11. The highest BCUT2D eigenvalue weighted by Gasteiger charge is 2.48. The molecule has 2 atom stereocenters. The third-order valence-electron chi connectivity index (χ3n) is 3.02. The average Bonchev–Trinajstić information content (AvgIpc) is 2.73. The minimum Gasteiger partial charge on any atom is -0.444 e. The molecule has 5 nitrogen and oxygen atoms in total. The predicted octanol–water partition coefficient (Wildman–Crippen LogP) is 2.45. The van der Waals surface area contributed by atoms with Gasteiger partial charge in [-0.15, -0.1) is 0 Å². The Morgan fingerprint density at radius 1 is 1.29 bits per heavy atom. The highest BCUT2D eigenvalue weighted by molar-refractivity contribution is 5.85. The number of ether oxygens (including phenoxy) is 1. The maximum absolute atomic E-state index is 12.8. The number of hydrogen-bond donors (Lipinski definition) is 1. The molecule has 122 valence electrons. The molecule has 1 heterocycles. The van der Waals surface area contributed by atoms with Crippen molar-refractivity contribution >= 4 is 12.0 Å². The summed E-state index contributed by atoms with van der Waals surface area (Å²) in [7, 11) is 0. The summed E-state index contributed by atoms with van der Waals surface area (Å²) < 4.78 is 43.4. The Bertz CT molecular complexity index is 404. The van der Waals surface area contributed by atoms with Crippen LogP contribution in [-0.2, 0) is 9.53 Å². The summed E-state index contributed by atoms with van der Waals surface area (Å²) >= 11 is 0. The van der Waals surface area contributed by atoms with Crippen LogP contribution in [0, 0.1) is 0 Å². The van der Waals surface area contributed by atoms with Gasteiger partial charge < -0.3 is 15.0 Å². The molecule has 0 bridgehead atoms. The van der Waals surface area contributed by atoms with Crippen LogP contribution in [0.2, 0.25) is 0 Å². The number of alkyl halides is 3. The third kappa shape index (κ3) is 5.09. The van der Waals surface area contributed by atoms with Crippen molar-refractivity contribution in [2.24, 2.45) is 0 Å². The molecule has 1 saturated heterocycles.